The average molecular weight is 256 g/mol. The van der Waals surface area contributed by atoms with Gasteiger partial charge >= 0.3 is 0 Å². The molecule has 3 heteroatoms. The van der Waals surface area contributed by atoms with Crippen molar-refractivity contribution in [2.45, 2.75) is 31.7 Å². The number of aromatic nitrogens is 1. The summed E-state index contributed by atoms with van der Waals surface area (Å²) >= 11 is 0. The molecule has 19 heavy (non-hydrogen) atoms. The van der Waals surface area contributed by atoms with E-state index in [1.54, 1.807) is 12.3 Å². The zero-order valence-corrected chi connectivity index (χ0v) is 10.8. The minimum atomic E-state index is -0.161. The molecule has 2 nitrogen and oxygen atoms in total. The monoisotopic (exact) mass is 256 g/mol. The predicted octanol–water partition coefficient (Wildman–Crippen LogP) is 3.15. The number of fused-ring (bicyclic) bond motifs is 1. The molecule has 0 aliphatic heterocycles. The average Bonchev–Trinajstić information content (AvgIpc) is 2.46. The Morgan fingerprint density at radius 1 is 1.32 bits per heavy atom. The Balaban J connectivity index is 2.04. The second-order valence-corrected chi connectivity index (χ2v) is 5.05. The van der Waals surface area contributed by atoms with E-state index in [0.29, 0.717) is 6.54 Å². The Bertz CT molecular complexity index is 595. The molecule has 1 aliphatic carbocycles. The summed E-state index contributed by atoms with van der Waals surface area (Å²) in [5.74, 6) is -0.0803. The lowest BCUT2D eigenvalue weighted by atomic mass is 9.82. The molecule has 0 spiro atoms. The van der Waals surface area contributed by atoms with Gasteiger partial charge in [0.2, 0.25) is 0 Å². The third kappa shape index (κ3) is 2.26. The molecule has 1 atom stereocenters. The van der Waals surface area contributed by atoms with Crippen molar-refractivity contribution in [3.05, 3.63) is 64.7 Å². The van der Waals surface area contributed by atoms with E-state index < -0.39 is 0 Å². The zero-order chi connectivity index (χ0) is 13.2. The summed E-state index contributed by atoms with van der Waals surface area (Å²) in [4.78, 5) is 4.47. The molecule has 1 aliphatic rings. The number of aryl methyl sites for hydroxylation is 1. The van der Waals surface area contributed by atoms with Crippen LogP contribution in [0.1, 0.15) is 41.1 Å². The van der Waals surface area contributed by atoms with Gasteiger partial charge in [-0.05, 0) is 48.1 Å². The summed E-state index contributed by atoms with van der Waals surface area (Å²) in [6.07, 6.45) is 4.88. The highest BCUT2D eigenvalue weighted by Crippen LogP contribution is 2.36. The van der Waals surface area contributed by atoms with E-state index >= 15 is 0 Å². The molecule has 0 bridgehead atoms. The van der Waals surface area contributed by atoms with E-state index in [4.69, 9.17) is 5.73 Å². The van der Waals surface area contributed by atoms with Crippen molar-refractivity contribution in [3.8, 4) is 0 Å². The van der Waals surface area contributed by atoms with E-state index in [1.165, 1.54) is 5.56 Å². The Morgan fingerprint density at radius 3 is 3.00 bits per heavy atom. The van der Waals surface area contributed by atoms with Gasteiger partial charge in [0, 0.05) is 18.7 Å². The van der Waals surface area contributed by atoms with Crippen LogP contribution in [0.2, 0.25) is 0 Å². The van der Waals surface area contributed by atoms with Crippen LogP contribution in [-0.2, 0) is 13.0 Å². The van der Waals surface area contributed by atoms with Gasteiger partial charge in [0.1, 0.15) is 5.82 Å². The number of halogens is 1. The van der Waals surface area contributed by atoms with Crippen molar-refractivity contribution in [2.24, 2.45) is 5.73 Å². The van der Waals surface area contributed by atoms with Gasteiger partial charge in [-0.15, -0.1) is 0 Å². The summed E-state index contributed by atoms with van der Waals surface area (Å²) < 4.78 is 14.2. The first-order valence-electron chi connectivity index (χ1n) is 6.72. The highest BCUT2D eigenvalue weighted by molar-refractivity contribution is 5.37. The van der Waals surface area contributed by atoms with Crippen LogP contribution in [-0.4, -0.2) is 4.98 Å². The van der Waals surface area contributed by atoms with Crippen molar-refractivity contribution in [1.29, 1.82) is 0 Å². The van der Waals surface area contributed by atoms with Crippen molar-refractivity contribution < 1.29 is 4.39 Å². The van der Waals surface area contributed by atoms with Gasteiger partial charge in [-0.2, -0.15) is 0 Å². The second kappa shape index (κ2) is 5.10. The summed E-state index contributed by atoms with van der Waals surface area (Å²) in [5.41, 5.74) is 9.41. The fraction of sp³-hybridized carbons (Fsp3) is 0.312. The summed E-state index contributed by atoms with van der Waals surface area (Å²) in [7, 11) is 0. The summed E-state index contributed by atoms with van der Waals surface area (Å²) in [5, 5.41) is 0. The third-order valence-electron chi connectivity index (χ3n) is 3.87. The predicted molar refractivity (Wildman–Crippen MR) is 73.3 cm³/mol. The number of pyridine rings is 1. The van der Waals surface area contributed by atoms with Crippen LogP contribution in [0, 0.1) is 5.82 Å². The van der Waals surface area contributed by atoms with E-state index in [-0.39, 0.29) is 11.7 Å². The first-order chi connectivity index (χ1) is 9.29. The Morgan fingerprint density at radius 2 is 2.21 bits per heavy atom. The molecule has 0 saturated carbocycles. The maximum absolute atomic E-state index is 14.2. The molecule has 0 amide bonds. The van der Waals surface area contributed by atoms with Gasteiger partial charge in [0.25, 0.3) is 0 Å². The number of hydrogen-bond donors (Lipinski definition) is 1. The summed E-state index contributed by atoms with van der Waals surface area (Å²) in [6, 6.07) is 9.38. The molecular formula is C16H17FN2. The standard InChI is InChI=1S/C16H17FN2/c17-15-9-11(10-18)6-7-13(15)14-5-1-3-12-4-2-8-19-16(12)14/h2,4,6-9,14H,1,3,5,10,18H2. The fourth-order valence-corrected chi connectivity index (χ4v) is 2.89. The molecule has 1 unspecified atom stereocenters. The van der Waals surface area contributed by atoms with E-state index in [0.717, 1.165) is 36.1 Å². The number of nitrogens with two attached hydrogens (primary N) is 1. The van der Waals surface area contributed by atoms with Crippen LogP contribution in [0.5, 0.6) is 0 Å². The smallest absolute Gasteiger partial charge is 0.127 e. The van der Waals surface area contributed by atoms with E-state index in [1.807, 2.05) is 18.2 Å². The van der Waals surface area contributed by atoms with Gasteiger partial charge in [-0.25, -0.2) is 4.39 Å². The lowest BCUT2D eigenvalue weighted by Gasteiger charge is -2.25. The highest BCUT2D eigenvalue weighted by atomic mass is 19.1. The van der Waals surface area contributed by atoms with Crippen molar-refractivity contribution in [1.82, 2.24) is 4.98 Å². The van der Waals surface area contributed by atoms with Gasteiger partial charge in [-0.3, -0.25) is 4.98 Å². The van der Waals surface area contributed by atoms with Crippen LogP contribution in [0.3, 0.4) is 0 Å². The molecule has 1 aromatic carbocycles. The number of benzene rings is 1. The number of nitrogens with zero attached hydrogens (tertiary/aromatic N) is 1. The van der Waals surface area contributed by atoms with Crippen molar-refractivity contribution in [2.75, 3.05) is 0 Å². The fourth-order valence-electron chi connectivity index (χ4n) is 2.89. The zero-order valence-electron chi connectivity index (χ0n) is 10.8. The van der Waals surface area contributed by atoms with Gasteiger partial charge in [0.05, 0.1) is 5.69 Å². The van der Waals surface area contributed by atoms with Crippen molar-refractivity contribution in [3.63, 3.8) is 0 Å². The minimum Gasteiger partial charge on any atom is -0.326 e. The van der Waals surface area contributed by atoms with Crippen molar-refractivity contribution >= 4 is 0 Å². The van der Waals surface area contributed by atoms with Crippen LogP contribution in [0.25, 0.3) is 0 Å². The molecule has 3 rings (SSSR count). The summed E-state index contributed by atoms with van der Waals surface area (Å²) in [6.45, 7) is 0.372. The van der Waals surface area contributed by atoms with Gasteiger partial charge in [0.15, 0.2) is 0 Å². The van der Waals surface area contributed by atoms with Crippen LogP contribution in [0.4, 0.5) is 4.39 Å². The van der Waals surface area contributed by atoms with E-state index in [2.05, 4.69) is 11.1 Å². The molecule has 0 radical (unpaired) electrons. The van der Waals surface area contributed by atoms with Crippen LogP contribution >= 0.6 is 0 Å². The van der Waals surface area contributed by atoms with Crippen LogP contribution in [0.15, 0.2) is 36.5 Å². The Labute approximate surface area is 112 Å². The molecule has 0 fully saturated rings. The first kappa shape index (κ1) is 12.3. The molecule has 1 heterocycles. The quantitative estimate of drug-likeness (QED) is 0.896. The van der Waals surface area contributed by atoms with E-state index in [9.17, 15) is 4.39 Å². The van der Waals surface area contributed by atoms with Crippen LogP contribution < -0.4 is 5.73 Å². The second-order valence-electron chi connectivity index (χ2n) is 5.05. The minimum absolute atomic E-state index is 0.0803. The SMILES string of the molecule is NCc1ccc(C2CCCc3cccnc32)c(F)c1. The molecule has 2 N–H and O–H groups in total. The molecule has 98 valence electrons. The van der Waals surface area contributed by atoms with Gasteiger partial charge < -0.3 is 5.73 Å². The normalized spacial score (nSPS) is 18.1. The number of rotatable bonds is 2. The highest BCUT2D eigenvalue weighted by Gasteiger charge is 2.25. The maximum atomic E-state index is 14.2. The first-order valence-corrected chi connectivity index (χ1v) is 6.72. The topological polar surface area (TPSA) is 38.9 Å². The Kier molecular flexibility index (Phi) is 3.30. The maximum Gasteiger partial charge on any atom is 0.127 e. The lowest BCUT2D eigenvalue weighted by Crippen LogP contribution is -2.14. The molecule has 2 aromatic rings. The Hall–Kier alpha value is -1.74. The van der Waals surface area contributed by atoms with Gasteiger partial charge in [-0.1, -0.05) is 18.2 Å². The third-order valence-corrected chi connectivity index (χ3v) is 3.87. The number of hydrogen-bond acceptors (Lipinski definition) is 2. The lowest BCUT2D eigenvalue weighted by molar-refractivity contribution is 0.548. The molecular weight excluding hydrogens is 239 g/mol. The molecule has 0 saturated heterocycles. The largest absolute Gasteiger partial charge is 0.326 e. The molecule has 1 aromatic heterocycles.